The molecule has 4 nitrogen and oxygen atoms in total. The molecule has 13 heavy (non-hydrogen) atoms. The molecule has 1 unspecified atom stereocenters. The maximum Gasteiger partial charge on any atom is 0.199 e. The minimum absolute atomic E-state index is 0.197. The Balaban J connectivity index is 2.04. The Morgan fingerprint density at radius 2 is 2.46 bits per heavy atom. The molecule has 2 aliphatic rings. The lowest BCUT2D eigenvalue weighted by molar-refractivity contribution is 0.0444. The Kier molecular flexibility index (Phi) is 2.08. The maximum absolute atomic E-state index is 9.12. The highest BCUT2D eigenvalue weighted by Gasteiger charge is 2.30. The zero-order valence-corrected chi connectivity index (χ0v) is 8.95. The van der Waals surface area contributed by atoms with Gasteiger partial charge in [0.05, 0.1) is 6.10 Å². The van der Waals surface area contributed by atoms with E-state index in [1.807, 2.05) is 24.1 Å². The van der Waals surface area contributed by atoms with Crippen LogP contribution in [0.2, 0.25) is 0 Å². The van der Waals surface area contributed by atoms with Gasteiger partial charge < -0.3 is 15.3 Å². The molecule has 0 amide bonds. The van der Waals surface area contributed by atoms with Crippen LogP contribution in [0.4, 0.5) is 0 Å². The Bertz CT molecular complexity index is 269. The Labute approximate surface area is 85.5 Å². The number of guanidine groups is 1. The van der Waals surface area contributed by atoms with Crippen molar-refractivity contribution in [3.05, 3.63) is 12.3 Å². The van der Waals surface area contributed by atoms with Crippen LogP contribution in [0.15, 0.2) is 17.3 Å². The SMILES string of the molecule is CC1(Br)C=CNC(N2CC(O)C2)=N1. The first-order valence-corrected chi connectivity index (χ1v) is 5.02. The van der Waals surface area contributed by atoms with Gasteiger partial charge in [-0.1, -0.05) is 15.9 Å². The molecule has 1 saturated heterocycles. The van der Waals surface area contributed by atoms with Gasteiger partial charge in [0.15, 0.2) is 5.96 Å². The number of aliphatic imine (C=N–C) groups is 1. The summed E-state index contributed by atoms with van der Waals surface area (Å²) >= 11 is 3.47. The second kappa shape index (κ2) is 2.99. The highest BCUT2D eigenvalue weighted by molar-refractivity contribution is 9.10. The number of hydrogen-bond donors (Lipinski definition) is 2. The lowest BCUT2D eigenvalue weighted by Gasteiger charge is -2.39. The summed E-state index contributed by atoms with van der Waals surface area (Å²) in [4.78, 5) is 6.43. The van der Waals surface area contributed by atoms with Crippen molar-refractivity contribution in [2.45, 2.75) is 17.5 Å². The van der Waals surface area contributed by atoms with Crippen molar-refractivity contribution < 1.29 is 5.11 Å². The van der Waals surface area contributed by atoms with Gasteiger partial charge in [-0.25, -0.2) is 4.99 Å². The number of rotatable bonds is 0. The number of hydrogen-bond acceptors (Lipinski definition) is 4. The van der Waals surface area contributed by atoms with E-state index in [0.29, 0.717) is 13.1 Å². The quantitative estimate of drug-likeness (QED) is 0.475. The number of alkyl halides is 1. The Morgan fingerprint density at radius 1 is 1.77 bits per heavy atom. The third kappa shape index (κ3) is 1.86. The summed E-state index contributed by atoms with van der Waals surface area (Å²) in [5, 5.41) is 12.2. The summed E-state index contributed by atoms with van der Waals surface area (Å²) in [5.74, 6) is 0.826. The van der Waals surface area contributed by atoms with Crippen molar-refractivity contribution in [3.8, 4) is 0 Å². The molecular weight excluding hydrogens is 234 g/mol. The van der Waals surface area contributed by atoms with Gasteiger partial charge >= 0.3 is 0 Å². The van der Waals surface area contributed by atoms with Crippen LogP contribution in [-0.4, -0.2) is 39.6 Å². The van der Waals surface area contributed by atoms with Crippen LogP contribution in [0.25, 0.3) is 0 Å². The summed E-state index contributed by atoms with van der Waals surface area (Å²) in [6.07, 6.45) is 3.60. The molecule has 0 aliphatic carbocycles. The summed E-state index contributed by atoms with van der Waals surface area (Å²) in [6, 6.07) is 0. The maximum atomic E-state index is 9.12. The summed E-state index contributed by atoms with van der Waals surface area (Å²) in [7, 11) is 0. The molecule has 2 heterocycles. The van der Waals surface area contributed by atoms with Crippen LogP contribution in [0.1, 0.15) is 6.92 Å². The largest absolute Gasteiger partial charge is 0.389 e. The van der Waals surface area contributed by atoms with Crippen LogP contribution < -0.4 is 5.32 Å². The van der Waals surface area contributed by atoms with Crippen molar-refractivity contribution in [2.24, 2.45) is 4.99 Å². The lowest BCUT2D eigenvalue weighted by Crippen LogP contribution is -2.57. The van der Waals surface area contributed by atoms with Crippen molar-refractivity contribution >= 4 is 21.9 Å². The molecule has 0 aromatic rings. The molecule has 0 radical (unpaired) electrons. The van der Waals surface area contributed by atoms with E-state index in [4.69, 9.17) is 5.11 Å². The normalized spacial score (nSPS) is 33.8. The van der Waals surface area contributed by atoms with Crippen LogP contribution in [0.3, 0.4) is 0 Å². The van der Waals surface area contributed by atoms with Gasteiger partial charge in [0, 0.05) is 19.3 Å². The number of halogens is 1. The van der Waals surface area contributed by atoms with Crippen molar-refractivity contribution in [1.29, 1.82) is 0 Å². The molecule has 2 N–H and O–H groups in total. The molecule has 2 rings (SSSR count). The first kappa shape index (κ1) is 9.02. The lowest BCUT2D eigenvalue weighted by atomic mass is 10.2. The van der Waals surface area contributed by atoms with E-state index in [-0.39, 0.29) is 10.6 Å². The average Bonchev–Trinajstić information content (AvgIpc) is 1.97. The molecular formula is C8H12BrN3O. The summed E-state index contributed by atoms with van der Waals surface area (Å²) < 4.78 is -0.311. The molecule has 2 aliphatic heterocycles. The standard InChI is InChI=1S/C8H12BrN3O/c1-8(9)2-3-10-7(11-8)12-4-6(13)5-12/h2-3,6,13H,4-5H2,1H3,(H,10,11). The number of likely N-dealkylation sites (tertiary alicyclic amines) is 1. The zero-order valence-electron chi connectivity index (χ0n) is 7.37. The highest BCUT2D eigenvalue weighted by Crippen LogP contribution is 2.24. The van der Waals surface area contributed by atoms with Crippen LogP contribution >= 0.6 is 15.9 Å². The van der Waals surface area contributed by atoms with Crippen molar-refractivity contribution in [3.63, 3.8) is 0 Å². The molecule has 1 fully saturated rings. The first-order chi connectivity index (χ1) is 6.07. The van der Waals surface area contributed by atoms with E-state index in [1.165, 1.54) is 0 Å². The third-order valence-corrected chi connectivity index (χ3v) is 2.53. The minimum Gasteiger partial charge on any atom is -0.389 e. The number of aliphatic hydroxyl groups is 1. The van der Waals surface area contributed by atoms with E-state index >= 15 is 0 Å². The predicted octanol–water partition coefficient (Wildman–Crippen LogP) is 0.247. The molecule has 0 spiro atoms. The molecule has 72 valence electrons. The fourth-order valence-electron chi connectivity index (χ4n) is 1.34. The topological polar surface area (TPSA) is 47.9 Å². The van der Waals surface area contributed by atoms with E-state index in [2.05, 4.69) is 26.2 Å². The third-order valence-electron chi connectivity index (χ3n) is 2.09. The van der Waals surface area contributed by atoms with E-state index in [0.717, 1.165) is 5.96 Å². The Morgan fingerprint density at radius 3 is 3.00 bits per heavy atom. The van der Waals surface area contributed by atoms with Crippen LogP contribution in [0.5, 0.6) is 0 Å². The second-order valence-electron chi connectivity index (χ2n) is 3.50. The first-order valence-electron chi connectivity index (χ1n) is 4.23. The van der Waals surface area contributed by atoms with Crippen LogP contribution in [-0.2, 0) is 0 Å². The monoisotopic (exact) mass is 245 g/mol. The second-order valence-corrected chi connectivity index (χ2v) is 5.10. The minimum atomic E-state index is -0.311. The number of aliphatic hydroxyl groups excluding tert-OH is 1. The van der Waals surface area contributed by atoms with E-state index < -0.39 is 0 Å². The molecule has 0 saturated carbocycles. The van der Waals surface area contributed by atoms with E-state index in [1.54, 1.807) is 0 Å². The van der Waals surface area contributed by atoms with Gasteiger partial charge in [-0.3, -0.25) is 0 Å². The smallest absolute Gasteiger partial charge is 0.199 e. The van der Waals surface area contributed by atoms with Gasteiger partial charge in [0.1, 0.15) is 4.45 Å². The fourth-order valence-corrected chi connectivity index (χ4v) is 1.64. The van der Waals surface area contributed by atoms with Gasteiger partial charge in [0.2, 0.25) is 0 Å². The molecule has 5 heteroatoms. The average molecular weight is 246 g/mol. The Hall–Kier alpha value is -0.550. The molecule has 0 bridgehead atoms. The van der Waals surface area contributed by atoms with Gasteiger partial charge in [-0.2, -0.15) is 0 Å². The number of nitrogens with zero attached hydrogens (tertiary/aromatic N) is 2. The van der Waals surface area contributed by atoms with Gasteiger partial charge in [-0.15, -0.1) is 0 Å². The summed E-state index contributed by atoms with van der Waals surface area (Å²) in [6.45, 7) is 3.31. The molecule has 0 aromatic carbocycles. The fraction of sp³-hybridized carbons (Fsp3) is 0.625. The predicted molar refractivity (Wildman–Crippen MR) is 54.6 cm³/mol. The van der Waals surface area contributed by atoms with E-state index in [9.17, 15) is 0 Å². The number of β-amino-alcohol motifs (C(OH)–C–C–N with tert-alkyl or cyclic N) is 1. The van der Waals surface area contributed by atoms with Crippen molar-refractivity contribution in [1.82, 2.24) is 10.2 Å². The molecule has 1 atom stereocenters. The van der Waals surface area contributed by atoms with Crippen LogP contribution in [0, 0.1) is 0 Å². The zero-order chi connectivity index (χ0) is 9.47. The summed E-state index contributed by atoms with van der Waals surface area (Å²) in [5.41, 5.74) is 0. The van der Waals surface area contributed by atoms with Gasteiger partial charge in [0.25, 0.3) is 0 Å². The van der Waals surface area contributed by atoms with Gasteiger partial charge in [-0.05, 0) is 13.0 Å². The van der Waals surface area contributed by atoms with Crippen molar-refractivity contribution in [2.75, 3.05) is 13.1 Å². The number of nitrogens with one attached hydrogen (secondary N) is 1. The molecule has 0 aromatic heterocycles. The highest BCUT2D eigenvalue weighted by atomic mass is 79.9.